The smallest absolute Gasteiger partial charge is 0.303 e. The predicted molar refractivity (Wildman–Crippen MR) is 543 cm³/mol. The van der Waals surface area contributed by atoms with Crippen LogP contribution in [0.15, 0.2) is 170 Å². The molecular formula is C112H106N12O15. The van der Waals surface area contributed by atoms with E-state index in [0.717, 1.165) is 161 Å². The van der Waals surface area contributed by atoms with E-state index in [1.165, 1.54) is 0 Å². The zero-order valence-corrected chi connectivity index (χ0v) is 78.9. The molecule has 27 nitrogen and oxygen atoms in total. The Hall–Kier alpha value is -16.1. The number of carboxylic acid groups (broad SMARTS) is 4. The zero-order valence-electron chi connectivity index (χ0n) is 78.9. The summed E-state index contributed by atoms with van der Waals surface area (Å²) in [7, 11) is 0. The summed E-state index contributed by atoms with van der Waals surface area (Å²) in [5.41, 5.74) is 35.2. The molecule has 6 aliphatic rings. The second-order valence-corrected chi connectivity index (χ2v) is 36.4. The third kappa shape index (κ3) is 18.5. The Balaban J connectivity index is 0.000000208. The van der Waals surface area contributed by atoms with E-state index in [4.69, 9.17) is 34.6 Å². The summed E-state index contributed by atoms with van der Waals surface area (Å²) in [5.74, 6) is -3.25. The molecule has 0 fully saturated rings. The number of hydrogen-bond donors (Lipinski definition) is 16. The summed E-state index contributed by atoms with van der Waals surface area (Å²) in [4.78, 5) is 101. The average molecular weight is 1860 g/mol. The summed E-state index contributed by atoms with van der Waals surface area (Å²) in [6.07, 6.45) is 2.49. The van der Waals surface area contributed by atoms with E-state index in [1.54, 1.807) is 62.4 Å². The highest BCUT2D eigenvalue weighted by molar-refractivity contribution is 6.02. The van der Waals surface area contributed by atoms with Gasteiger partial charge in [0.15, 0.2) is 0 Å². The number of carbonyl (C=O) groups is 4. The van der Waals surface area contributed by atoms with Crippen LogP contribution < -0.4 is 0 Å². The van der Waals surface area contributed by atoms with Crippen LogP contribution in [-0.2, 0) is 43.2 Å². The summed E-state index contributed by atoms with van der Waals surface area (Å²) in [6, 6.07) is 52.0. The van der Waals surface area contributed by atoms with Crippen LogP contribution in [-0.4, -0.2) is 141 Å². The van der Waals surface area contributed by atoms with Crippen LogP contribution in [0.4, 0.5) is 0 Å². The highest BCUT2D eigenvalue weighted by atomic mass is 16.5. The first kappa shape index (κ1) is 93.3. The monoisotopic (exact) mass is 1860 g/mol. The van der Waals surface area contributed by atoms with Crippen molar-refractivity contribution in [1.82, 2.24) is 59.8 Å². The average Bonchev–Trinajstić information content (AvgIpc) is 1.62. The number of aliphatic hydroxyl groups excluding tert-OH is 2. The Morgan fingerprint density at radius 1 is 0.317 bits per heavy atom. The molecule has 16 N–H and O–H groups in total. The van der Waals surface area contributed by atoms with Crippen molar-refractivity contribution < 1.29 is 75.0 Å². The van der Waals surface area contributed by atoms with E-state index in [-0.39, 0.29) is 74.4 Å². The standard InChI is InChI=1S/C68H74N8O11.C44H32N4O4/c1-29-41(13-17-61(79)80)53-28-56-44(16-20-64(85)86)32(4)48(72-56)24-59-68(36(8)52(76-59)25-58-65(37(9)77)33(5)49(73-58)21-45(29)69-53)40(12)87-39(11)67-35(7)50-22-46-30(2)42(14-18-62(81)82)54(70-46)27-55-43(15-19-63(83)84)31(3)47(71-55)23-57-66(38(10)78)34(6)51(74-57)26-60(67)75-50;49-29-9-1-5-25(21-29)41-33-13-15-35(45-33)42(26-6-2-10-30(50)22-26)37-17-19-39(47-37)44(28-8-4-12-32(52)24-28)40-20-18-38(48-40)43(36-16-14-34(41)46-36)27-7-3-11-31(51)23-27/h21-28,37-40,72,74-78H,13-20H2,1-12H3,(H,79,80)(H,81,82)(H,83,84)(H,85,86);1-17,19,21-24,46-47,49-52H,18,20H2. The van der Waals surface area contributed by atoms with Crippen molar-refractivity contribution in [3.8, 4) is 67.5 Å². The molecule has 4 atom stereocenters. The number of H-pyrrole nitrogens is 6. The second kappa shape index (κ2) is 37.9. The van der Waals surface area contributed by atoms with Crippen LogP contribution in [0.3, 0.4) is 0 Å². The van der Waals surface area contributed by atoms with Crippen molar-refractivity contribution in [3.05, 3.63) is 283 Å². The number of aromatic amines is 6. The zero-order chi connectivity index (χ0) is 98.1. The molecule has 9 aromatic heterocycles. The topological polar surface area (TPSA) is 452 Å². The lowest BCUT2D eigenvalue weighted by atomic mass is 9.98. The van der Waals surface area contributed by atoms with Crippen LogP contribution in [0, 0.1) is 27.7 Å². The molecular weight excluding hydrogens is 1750 g/mol. The Morgan fingerprint density at radius 3 is 1.04 bits per heavy atom. The maximum Gasteiger partial charge on any atom is 0.303 e. The molecule has 4 aromatic carbocycles. The molecule has 27 heteroatoms. The molecule has 4 unspecified atom stereocenters. The van der Waals surface area contributed by atoms with Gasteiger partial charge in [-0.05, 0) is 344 Å². The minimum Gasteiger partial charge on any atom is -0.508 e. The number of fused-ring (bicyclic) bond motifs is 24. The summed E-state index contributed by atoms with van der Waals surface area (Å²) >= 11 is 0. The Bertz CT molecular complexity index is 7910. The number of ether oxygens (including phenoxy) is 1. The number of hydrogen-bond acceptors (Lipinski definition) is 17. The largest absolute Gasteiger partial charge is 0.508 e. The van der Waals surface area contributed by atoms with Gasteiger partial charge < -0.3 is 85.7 Å². The fraction of sp³-hybridized carbons (Fsp3) is 0.232. The van der Waals surface area contributed by atoms with Crippen molar-refractivity contribution in [2.45, 2.75) is 172 Å². The maximum atomic E-state index is 12.2. The summed E-state index contributed by atoms with van der Waals surface area (Å²) in [6.45, 7) is 23.0. The fourth-order valence-electron chi connectivity index (χ4n) is 20.4. The number of aliphatic hydroxyl groups is 2. The Labute approximate surface area is 799 Å². The number of phenols is 4. The second-order valence-electron chi connectivity index (χ2n) is 36.4. The molecule has 6 aliphatic heterocycles. The number of aliphatic carboxylic acids is 4. The van der Waals surface area contributed by atoms with Gasteiger partial charge >= 0.3 is 23.9 Å². The number of aryl methyl sites for hydroxylation is 7. The first-order valence-electron chi connectivity index (χ1n) is 46.4. The first-order valence-corrected chi connectivity index (χ1v) is 46.4. The molecule has 24 bridgehead atoms. The van der Waals surface area contributed by atoms with E-state index in [2.05, 4.69) is 29.9 Å². The van der Waals surface area contributed by atoms with E-state index < -0.39 is 48.3 Å². The molecule has 0 aliphatic carbocycles. The van der Waals surface area contributed by atoms with Crippen LogP contribution in [0.5, 0.6) is 23.0 Å². The normalized spacial score (nSPS) is 14.0. The molecule has 0 saturated carbocycles. The van der Waals surface area contributed by atoms with Crippen molar-refractivity contribution in [2.24, 2.45) is 0 Å². The summed E-state index contributed by atoms with van der Waals surface area (Å²) < 4.78 is 7.28. The molecule has 15 heterocycles. The van der Waals surface area contributed by atoms with Gasteiger partial charge in [-0.25, -0.2) is 24.9 Å². The lowest BCUT2D eigenvalue weighted by Gasteiger charge is -2.20. The number of carboxylic acids is 4. The number of nitrogens with zero attached hydrogens (tertiary/aromatic N) is 6. The van der Waals surface area contributed by atoms with Crippen molar-refractivity contribution in [3.63, 3.8) is 0 Å². The number of allylic oxidation sites excluding steroid dienone is 7. The van der Waals surface area contributed by atoms with Crippen LogP contribution in [0.25, 0.3) is 167 Å². The number of aromatic nitrogens is 12. The number of phenolic OH excluding ortho intramolecular Hbond substituents is 4. The highest BCUT2D eigenvalue weighted by Crippen LogP contribution is 2.47. The predicted octanol–water partition coefficient (Wildman–Crippen LogP) is 23.5. The SMILES string of the molecule is CC1=C(CCC(=O)O)c2cc3nc(cc4[nH]c(cc5[nH]c(cc1n2)c(C)c5C(C)OC(C)c1c(C)c2cc5nc(cc6nc(cc7[nH]c(cc1[nH]2)c(C)c7CCC(=O)O)C(CCC(=O)O)=C6C)C(C)=C5C(C)O)c(C)c4C(C)O)C(C)=C3CCC(=O)O.Oc1cccc(-c2c3nc(c(-c4cccc(O)c4)c4ccc([nH]4)c(-c4cccc(O)c4)c4nc(c(-c5cccc(O)c5)c5ccc2[nH]5)CC4)C=C3)c1. The molecule has 0 spiro atoms. The minimum atomic E-state index is -0.962. The summed E-state index contributed by atoms with van der Waals surface area (Å²) in [5, 5.41) is 105. The van der Waals surface area contributed by atoms with Crippen molar-refractivity contribution in [1.29, 1.82) is 0 Å². The first-order chi connectivity index (χ1) is 66.6. The lowest BCUT2D eigenvalue weighted by Crippen LogP contribution is -2.06. The van der Waals surface area contributed by atoms with Gasteiger partial charge in [-0.1, -0.05) is 48.5 Å². The number of nitrogens with one attached hydrogen (secondary N) is 6. The van der Waals surface area contributed by atoms with Gasteiger partial charge in [-0.15, -0.1) is 0 Å². The van der Waals surface area contributed by atoms with Crippen molar-refractivity contribution in [2.75, 3.05) is 0 Å². The molecule has 0 saturated heterocycles. The third-order valence-corrected chi connectivity index (χ3v) is 27.3. The number of benzene rings is 4. The number of aromatic hydroxyl groups is 4. The van der Waals surface area contributed by atoms with E-state index >= 15 is 0 Å². The molecule has 704 valence electrons. The van der Waals surface area contributed by atoms with Gasteiger partial charge in [-0.2, -0.15) is 0 Å². The quantitative estimate of drug-likeness (QED) is 0.0300. The van der Waals surface area contributed by atoms with Crippen LogP contribution in [0.2, 0.25) is 0 Å². The van der Waals surface area contributed by atoms with Gasteiger partial charge in [0, 0.05) is 136 Å². The minimum absolute atomic E-state index is 0.129. The molecule has 19 rings (SSSR count). The highest BCUT2D eigenvalue weighted by Gasteiger charge is 2.32. The van der Waals surface area contributed by atoms with Gasteiger partial charge in [0.2, 0.25) is 0 Å². The molecule has 0 radical (unpaired) electrons. The molecule has 139 heavy (non-hydrogen) atoms. The third-order valence-electron chi connectivity index (χ3n) is 27.3. The van der Waals surface area contributed by atoms with Gasteiger partial charge in [0.1, 0.15) is 23.0 Å². The fourth-order valence-corrected chi connectivity index (χ4v) is 20.4. The number of rotatable bonds is 22. The van der Waals surface area contributed by atoms with E-state index in [0.29, 0.717) is 120 Å². The van der Waals surface area contributed by atoms with Crippen LogP contribution >= 0.6 is 0 Å². The molecule has 13 aromatic rings. The van der Waals surface area contributed by atoms with Crippen LogP contribution in [0.1, 0.15) is 231 Å². The Morgan fingerprint density at radius 2 is 0.633 bits per heavy atom. The van der Waals surface area contributed by atoms with E-state index in [1.807, 2.05) is 203 Å². The van der Waals surface area contributed by atoms with Gasteiger partial charge in [-0.3, -0.25) is 24.2 Å². The van der Waals surface area contributed by atoms with E-state index in [9.17, 15) is 70.2 Å². The maximum absolute atomic E-state index is 12.2. The van der Waals surface area contributed by atoms with Gasteiger partial charge in [0.05, 0.1) is 92.7 Å². The molecule has 0 amide bonds. The van der Waals surface area contributed by atoms with Crippen molar-refractivity contribution >= 4 is 147 Å². The van der Waals surface area contributed by atoms with Gasteiger partial charge in [0.25, 0.3) is 0 Å². The lowest BCUT2D eigenvalue weighted by molar-refractivity contribution is -0.137. The Kier molecular flexibility index (Phi) is 25.4.